The van der Waals surface area contributed by atoms with Gasteiger partial charge < -0.3 is 0 Å². The van der Waals surface area contributed by atoms with Crippen LogP contribution in [0, 0.1) is 51.4 Å². The topological polar surface area (TPSA) is 25.8 Å². The van der Waals surface area contributed by atoms with Crippen molar-refractivity contribution in [2.75, 3.05) is 0 Å². The molecule has 0 fully saturated rings. The molecule has 6 aromatic rings. The minimum absolute atomic E-state index is 0. The molecule has 2 nitrogen and oxygen atoms in total. The van der Waals surface area contributed by atoms with Gasteiger partial charge in [0.2, 0.25) is 0 Å². The molecule has 0 radical (unpaired) electrons. The summed E-state index contributed by atoms with van der Waals surface area (Å²) < 4.78 is 0. The number of rotatable bonds is 10. The van der Waals surface area contributed by atoms with Crippen molar-refractivity contribution in [3.05, 3.63) is 129 Å². The first kappa shape index (κ1) is 42.1. The normalized spacial score (nSPS) is 11.5. The summed E-state index contributed by atoms with van der Waals surface area (Å²) in [6, 6.07) is 30.5. The van der Waals surface area contributed by atoms with Crippen molar-refractivity contribution in [2.45, 2.75) is 109 Å². The van der Waals surface area contributed by atoms with Gasteiger partial charge in [0.05, 0.1) is 22.4 Å². The van der Waals surface area contributed by atoms with E-state index < -0.39 is 0 Å². The molecule has 0 amide bonds. The predicted octanol–water partition coefficient (Wildman–Crippen LogP) is 13.8. The molecule has 0 spiro atoms. The zero-order valence-electron chi connectivity index (χ0n) is 34.4. The van der Waals surface area contributed by atoms with E-state index in [1.165, 1.54) is 77.8 Å². The van der Waals surface area contributed by atoms with Crippen molar-refractivity contribution in [1.82, 2.24) is 9.97 Å². The fourth-order valence-electron chi connectivity index (χ4n) is 7.64. The molecular formula is C50H62IrN2+3. The van der Waals surface area contributed by atoms with Crippen molar-refractivity contribution in [2.24, 2.45) is 23.7 Å². The van der Waals surface area contributed by atoms with E-state index in [1.54, 1.807) is 0 Å². The number of hydrogen-bond donors (Lipinski definition) is 0. The standard InChI is InChI=1S/2C25H31N.Ir/c2*1-16(2)14-22-21-11-7-8-13-24(21)26-25(23(22)15-17(3)4)20-12-9-10-18(5)19(20)6;/h2*7-13,16-17H,14-15H2,1-6H3;/q;;+3. The van der Waals surface area contributed by atoms with Gasteiger partial charge in [-0.1, -0.05) is 128 Å². The number of aryl methyl sites for hydroxylation is 2. The number of fused-ring (bicyclic) bond motifs is 2. The summed E-state index contributed by atoms with van der Waals surface area (Å²) in [5, 5.41) is 2.65. The molecule has 0 aliphatic heterocycles. The summed E-state index contributed by atoms with van der Waals surface area (Å²) in [6.45, 7) is 27.3. The molecule has 0 aliphatic carbocycles. The van der Waals surface area contributed by atoms with E-state index in [0.29, 0.717) is 23.7 Å². The molecule has 53 heavy (non-hydrogen) atoms. The monoisotopic (exact) mass is 883 g/mol. The number of benzene rings is 4. The van der Waals surface area contributed by atoms with Gasteiger partial charge in [-0.3, -0.25) is 0 Å². The Kier molecular flexibility index (Phi) is 14.8. The first-order valence-corrected chi connectivity index (χ1v) is 19.7. The van der Waals surface area contributed by atoms with Crippen LogP contribution in [-0.2, 0) is 45.8 Å². The maximum Gasteiger partial charge on any atom is 3.00 e. The van der Waals surface area contributed by atoms with Crippen LogP contribution in [-0.4, -0.2) is 9.97 Å². The molecule has 0 N–H and O–H groups in total. The fraction of sp³-hybridized carbons (Fsp3) is 0.400. The fourth-order valence-corrected chi connectivity index (χ4v) is 7.64. The Morgan fingerprint density at radius 3 is 1.06 bits per heavy atom. The third-order valence-corrected chi connectivity index (χ3v) is 10.4. The Morgan fingerprint density at radius 2 is 0.717 bits per heavy atom. The van der Waals surface area contributed by atoms with Crippen LogP contribution in [0.4, 0.5) is 0 Å². The van der Waals surface area contributed by atoms with Gasteiger partial charge in [0, 0.05) is 21.9 Å². The average Bonchev–Trinajstić information content (AvgIpc) is 3.09. The maximum atomic E-state index is 5.17. The van der Waals surface area contributed by atoms with Crippen molar-refractivity contribution in [1.29, 1.82) is 0 Å². The Balaban J connectivity index is 0.000000232. The van der Waals surface area contributed by atoms with Gasteiger partial charge in [-0.15, -0.1) is 0 Å². The number of pyridine rings is 2. The molecule has 3 heteroatoms. The molecule has 0 saturated carbocycles. The first-order valence-electron chi connectivity index (χ1n) is 19.7. The summed E-state index contributed by atoms with van der Waals surface area (Å²) in [5.74, 6) is 2.46. The van der Waals surface area contributed by atoms with Crippen LogP contribution in [0.3, 0.4) is 0 Å². The van der Waals surface area contributed by atoms with Crippen LogP contribution in [0.15, 0.2) is 84.9 Å². The van der Waals surface area contributed by atoms with Gasteiger partial charge in [-0.25, -0.2) is 9.97 Å². The molecule has 278 valence electrons. The summed E-state index contributed by atoms with van der Waals surface area (Å²) in [6.07, 6.45) is 4.34. The zero-order valence-corrected chi connectivity index (χ0v) is 36.8. The summed E-state index contributed by atoms with van der Waals surface area (Å²) in [4.78, 5) is 10.3. The van der Waals surface area contributed by atoms with Crippen LogP contribution in [0.2, 0.25) is 0 Å². The smallest absolute Gasteiger partial charge is 0.247 e. The molecule has 6 rings (SSSR count). The third-order valence-electron chi connectivity index (χ3n) is 10.4. The van der Waals surface area contributed by atoms with Crippen molar-refractivity contribution < 1.29 is 20.1 Å². The minimum atomic E-state index is 0. The number of para-hydroxylation sites is 2. The zero-order chi connectivity index (χ0) is 37.7. The number of hydrogen-bond acceptors (Lipinski definition) is 2. The Morgan fingerprint density at radius 1 is 0.396 bits per heavy atom. The molecule has 0 unspecified atom stereocenters. The van der Waals surface area contributed by atoms with Gasteiger partial charge >= 0.3 is 20.1 Å². The van der Waals surface area contributed by atoms with E-state index >= 15 is 0 Å². The van der Waals surface area contributed by atoms with Gasteiger partial charge in [0.25, 0.3) is 0 Å². The van der Waals surface area contributed by atoms with E-state index in [0.717, 1.165) is 36.7 Å². The SMILES string of the molecule is Cc1cccc(-c2nc3ccccc3c(CC(C)C)c2CC(C)C)c1C.Cc1cccc(-c2nc3ccccc3c(CC(C)C)c2CC(C)C)c1C.[Ir+3]. The summed E-state index contributed by atoms with van der Waals surface area (Å²) in [5.41, 5.74) is 18.4. The molecule has 2 aromatic heterocycles. The predicted molar refractivity (Wildman–Crippen MR) is 227 cm³/mol. The van der Waals surface area contributed by atoms with Crippen LogP contribution in [0.1, 0.15) is 99.9 Å². The Bertz CT molecular complexity index is 2000. The molecular weight excluding hydrogens is 821 g/mol. The van der Waals surface area contributed by atoms with Crippen molar-refractivity contribution in [3.63, 3.8) is 0 Å². The van der Waals surface area contributed by atoms with Crippen LogP contribution in [0.5, 0.6) is 0 Å². The second-order valence-corrected chi connectivity index (χ2v) is 16.8. The summed E-state index contributed by atoms with van der Waals surface area (Å²) >= 11 is 0. The Hall–Kier alpha value is -3.65. The largest absolute Gasteiger partial charge is 3.00 e. The minimum Gasteiger partial charge on any atom is -0.247 e. The second kappa shape index (κ2) is 18.6. The van der Waals surface area contributed by atoms with E-state index in [4.69, 9.17) is 9.97 Å². The Labute approximate surface area is 334 Å². The van der Waals surface area contributed by atoms with Gasteiger partial charge in [-0.2, -0.15) is 0 Å². The van der Waals surface area contributed by atoms with E-state index in [-0.39, 0.29) is 20.1 Å². The van der Waals surface area contributed by atoms with Gasteiger partial charge in [-0.05, 0) is 134 Å². The maximum absolute atomic E-state index is 5.17. The second-order valence-electron chi connectivity index (χ2n) is 16.8. The molecule has 0 aliphatic rings. The quantitative estimate of drug-likeness (QED) is 0.137. The van der Waals surface area contributed by atoms with E-state index in [9.17, 15) is 0 Å². The molecule has 0 atom stereocenters. The van der Waals surface area contributed by atoms with Gasteiger partial charge in [0.1, 0.15) is 0 Å². The average molecular weight is 883 g/mol. The first-order chi connectivity index (χ1) is 24.8. The van der Waals surface area contributed by atoms with E-state index in [2.05, 4.69) is 168 Å². The third kappa shape index (κ3) is 9.92. The molecule has 4 aromatic carbocycles. The molecule has 2 heterocycles. The molecule has 0 bridgehead atoms. The molecule has 0 saturated heterocycles. The number of nitrogens with zero attached hydrogens (tertiary/aromatic N) is 2. The summed E-state index contributed by atoms with van der Waals surface area (Å²) in [7, 11) is 0. The number of aromatic nitrogens is 2. The van der Waals surface area contributed by atoms with Crippen molar-refractivity contribution in [3.8, 4) is 22.5 Å². The van der Waals surface area contributed by atoms with Crippen LogP contribution in [0.25, 0.3) is 44.3 Å². The van der Waals surface area contributed by atoms with Crippen LogP contribution >= 0.6 is 0 Å². The van der Waals surface area contributed by atoms with Gasteiger partial charge in [0.15, 0.2) is 0 Å². The van der Waals surface area contributed by atoms with E-state index in [1.807, 2.05) is 0 Å². The van der Waals surface area contributed by atoms with Crippen LogP contribution < -0.4 is 0 Å². The van der Waals surface area contributed by atoms with Crippen molar-refractivity contribution >= 4 is 21.8 Å².